The number of rotatable bonds is 1. The minimum atomic E-state index is 0.249. The van der Waals surface area contributed by atoms with Crippen molar-refractivity contribution < 1.29 is 4.79 Å². The molecule has 0 aliphatic heterocycles. The standard InChI is InChI=1S/C6H3BrN4O/c7-4-1-8-6-10-9-5(3-12)11(6)2-4/h1-3H. The van der Waals surface area contributed by atoms with Gasteiger partial charge in [-0.3, -0.25) is 9.20 Å². The van der Waals surface area contributed by atoms with Crippen LogP contribution in [-0.4, -0.2) is 25.9 Å². The fraction of sp³-hybridized carbons (Fsp3) is 0. The number of carbonyl (C=O) groups is 1. The molecule has 2 rings (SSSR count). The number of hydrogen-bond acceptors (Lipinski definition) is 4. The Hall–Kier alpha value is -1.30. The van der Waals surface area contributed by atoms with E-state index in [0.29, 0.717) is 12.1 Å². The Morgan fingerprint density at radius 1 is 1.50 bits per heavy atom. The number of carbonyl (C=O) groups excluding carboxylic acids is 1. The van der Waals surface area contributed by atoms with Gasteiger partial charge in [0.2, 0.25) is 5.82 Å². The maximum absolute atomic E-state index is 10.4. The van der Waals surface area contributed by atoms with E-state index in [0.717, 1.165) is 4.47 Å². The lowest BCUT2D eigenvalue weighted by atomic mass is 10.6. The van der Waals surface area contributed by atoms with Gasteiger partial charge in [0.1, 0.15) is 0 Å². The van der Waals surface area contributed by atoms with Gasteiger partial charge < -0.3 is 0 Å². The summed E-state index contributed by atoms with van der Waals surface area (Å²) in [4.78, 5) is 14.4. The molecule has 0 saturated heterocycles. The molecule has 0 atom stereocenters. The minimum Gasteiger partial charge on any atom is -0.294 e. The zero-order valence-corrected chi connectivity index (χ0v) is 7.39. The molecule has 0 aliphatic carbocycles. The second-order valence-corrected chi connectivity index (χ2v) is 3.03. The zero-order chi connectivity index (χ0) is 8.55. The molecular formula is C6H3BrN4O. The van der Waals surface area contributed by atoms with Crippen LogP contribution >= 0.6 is 15.9 Å². The highest BCUT2D eigenvalue weighted by atomic mass is 79.9. The summed E-state index contributed by atoms with van der Waals surface area (Å²) in [5.74, 6) is 0.666. The molecule has 12 heavy (non-hydrogen) atoms. The molecule has 0 radical (unpaired) electrons. The molecule has 0 spiro atoms. The van der Waals surface area contributed by atoms with Crippen LogP contribution in [0.3, 0.4) is 0 Å². The fourth-order valence-electron chi connectivity index (χ4n) is 0.863. The summed E-state index contributed by atoms with van der Waals surface area (Å²) in [6.07, 6.45) is 3.92. The third-order valence-electron chi connectivity index (χ3n) is 1.37. The second kappa shape index (κ2) is 2.63. The van der Waals surface area contributed by atoms with Gasteiger partial charge in [0.25, 0.3) is 5.78 Å². The van der Waals surface area contributed by atoms with Crippen molar-refractivity contribution in [2.45, 2.75) is 0 Å². The Kier molecular flexibility index (Phi) is 1.61. The molecule has 0 amide bonds. The van der Waals surface area contributed by atoms with Crippen LogP contribution in [-0.2, 0) is 0 Å². The van der Waals surface area contributed by atoms with Crippen molar-refractivity contribution in [3.8, 4) is 0 Å². The fourth-order valence-corrected chi connectivity index (χ4v) is 1.17. The van der Waals surface area contributed by atoms with Crippen molar-refractivity contribution in [3.63, 3.8) is 0 Å². The Morgan fingerprint density at radius 3 is 3.08 bits per heavy atom. The van der Waals surface area contributed by atoms with Gasteiger partial charge in [-0.05, 0) is 15.9 Å². The monoisotopic (exact) mass is 226 g/mol. The molecule has 2 aromatic rings. The van der Waals surface area contributed by atoms with E-state index < -0.39 is 0 Å². The quantitative estimate of drug-likeness (QED) is 0.672. The average molecular weight is 227 g/mol. The Bertz CT molecular complexity index is 438. The summed E-state index contributed by atoms with van der Waals surface area (Å²) in [5, 5.41) is 7.30. The minimum absolute atomic E-state index is 0.249. The van der Waals surface area contributed by atoms with E-state index in [-0.39, 0.29) is 5.82 Å². The SMILES string of the molecule is O=Cc1nnc2ncc(Br)cn12. The lowest BCUT2D eigenvalue weighted by molar-refractivity contribution is 0.111. The smallest absolute Gasteiger partial charge is 0.255 e. The molecule has 5 nitrogen and oxygen atoms in total. The highest BCUT2D eigenvalue weighted by Gasteiger charge is 2.03. The molecular weight excluding hydrogens is 224 g/mol. The summed E-state index contributed by atoms with van der Waals surface area (Å²) in [6, 6.07) is 0. The first-order chi connectivity index (χ1) is 5.81. The summed E-state index contributed by atoms with van der Waals surface area (Å²) >= 11 is 3.23. The third-order valence-corrected chi connectivity index (χ3v) is 1.77. The van der Waals surface area contributed by atoms with Crippen LogP contribution < -0.4 is 0 Å². The average Bonchev–Trinajstić information content (AvgIpc) is 2.46. The van der Waals surface area contributed by atoms with Crippen LogP contribution in [0.15, 0.2) is 16.9 Å². The highest BCUT2D eigenvalue weighted by molar-refractivity contribution is 9.10. The molecule has 0 bridgehead atoms. The topological polar surface area (TPSA) is 60.2 Å². The molecule has 0 fully saturated rings. The van der Waals surface area contributed by atoms with Gasteiger partial charge in [0.05, 0.1) is 4.47 Å². The molecule has 0 unspecified atom stereocenters. The van der Waals surface area contributed by atoms with Gasteiger partial charge in [-0.2, -0.15) is 0 Å². The summed E-state index contributed by atoms with van der Waals surface area (Å²) in [7, 11) is 0. The van der Waals surface area contributed by atoms with Crippen LogP contribution in [0.5, 0.6) is 0 Å². The van der Waals surface area contributed by atoms with Crippen molar-refractivity contribution >= 4 is 28.0 Å². The first-order valence-corrected chi connectivity index (χ1v) is 3.92. The molecule has 0 aromatic carbocycles. The molecule has 0 N–H and O–H groups in total. The van der Waals surface area contributed by atoms with E-state index >= 15 is 0 Å². The predicted molar refractivity (Wildman–Crippen MR) is 43.9 cm³/mol. The number of fused-ring (bicyclic) bond motifs is 1. The van der Waals surface area contributed by atoms with Crippen molar-refractivity contribution in [2.24, 2.45) is 0 Å². The van der Waals surface area contributed by atoms with Gasteiger partial charge in [-0.25, -0.2) is 4.98 Å². The first kappa shape index (κ1) is 7.35. The van der Waals surface area contributed by atoms with Gasteiger partial charge in [0.15, 0.2) is 6.29 Å². The van der Waals surface area contributed by atoms with E-state index in [9.17, 15) is 4.79 Å². The summed E-state index contributed by atoms with van der Waals surface area (Å²) in [5.41, 5.74) is 0. The Balaban J connectivity index is 2.83. The number of nitrogens with zero attached hydrogens (tertiary/aromatic N) is 4. The largest absolute Gasteiger partial charge is 0.294 e. The normalized spacial score (nSPS) is 10.4. The third kappa shape index (κ3) is 1.00. The molecule has 60 valence electrons. The van der Waals surface area contributed by atoms with Gasteiger partial charge in [0, 0.05) is 12.4 Å². The number of halogens is 1. The number of hydrogen-bond donors (Lipinski definition) is 0. The Morgan fingerprint density at radius 2 is 2.33 bits per heavy atom. The summed E-state index contributed by atoms with van der Waals surface area (Å²) < 4.78 is 2.29. The van der Waals surface area contributed by atoms with Crippen LogP contribution in [0.4, 0.5) is 0 Å². The van der Waals surface area contributed by atoms with Crippen LogP contribution in [0, 0.1) is 0 Å². The second-order valence-electron chi connectivity index (χ2n) is 2.12. The van der Waals surface area contributed by atoms with Crippen LogP contribution in [0.2, 0.25) is 0 Å². The van der Waals surface area contributed by atoms with Gasteiger partial charge in [-0.1, -0.05) is 0 Å². The lowest BCUT2D eigenvalue weighted by Crippen LogP contribution is -1.93. The van der Waals surface area contributed by atoms with Crippen molar-refractivity contribution in [2.75, 3.05) is 0 Å². The first-order valence-electron chi connectivity index (χ1n) is 3.13. The maximum Gasteiger partial charge on any atom is 0.255 e. The Labute approximate surface area is 75.6 Å². The van der Waals surface area contributed by atoms with Gasteiger partial charge in [-0.15, -0.1) is 10.2 Å². The van der Waals surface area contributed by atoms with E-state index in [1.807, 2.05) is 0 Å². The van der Waals surface area contributed by atoms with Crippen molar-refractivity contribution in [1.29, 1.82) is 0 Å². The molecule has 2 aromatic heterocycles. The van der Waals surface area contributed by atoms with E-state index in [1.54, 1.807) is 12.4 Å². The highest BCUT2D eigenvalue weighted by Crippen LogP contribution is 2.08. The van der Waals surface area contributed by atoms with Crippen molar-refractivity contribution in [3.05, 3.63) is 22.7 Å². The van der Waals surface area contributed by atoms with Gasteiger partial charge >= 0.3 is 0 Å². The van der Waals surface area contributed by atoms with E-state index in [1.165, 1.54) is 4.40 Å². The van der Waals surface area contributed by atoms with E-state index in [4.69, 9.17) is 0 Å². The summed E-state index contributed by atoms with van der Waals surface area (Å²) in [6.45, 7) is 0. The van der Waals surface area contributed by atoms with Crippen LogP contribution in [0.1, 0.15) is 10.6 Å². The zero-order valence-electron chi connectivity index (χ0n) is 5.81. The predicted octanol–water partition coefficient (Wildman–Crippen LogP) is 0.699. The van der Waals surface area contributed by atoms with E-state index in [2.05, 4.69) is 31.1 Å². The van der Waals surface area contributed by atoms with Crippen LogP contribution in [0.25, 0.3) is 5.78 Å². The molecule has 0 aliphatic rings. The molecule has 6 heteroatoms. The van der Waals surface area contributed by atoms with Crippen molar-refractivity contribution in [1.82, 2.24) is 19.6 Å². The number of aldehydes is 1. The number of aromatic nitrogens is 4. The molecule has 2 heterocycles. The maximum atomic E-state index is 10.4. The molecule has 0 saturated carbocycles. The lowest BCUT2D eigenvalue weighted by Gasteiger charge is -1.91.